The summed E-state index contributed by atoms with van der Waals surface area (Å²) in [6, 6.07) is 23.7. The van der Waals surface area contributed by atoms with Crippen LogP contribution in [0.3, 0.4) is 0 Å². The van der Waals surface area contributed by atoms with Gasteiger partial charge in [0.1, 0.15) is 0 Å². The van der Waals surface area contributed by atoms with Crippen LogP contribution in [0.15, 0.2) is 97.1 Å². The van der Waals surface area contributed by atoms with E-state index in [2.05, 4.69) is 0 Å². The van der Waals surface area contributed by atoms with Gasteiger partial charge in [-0.1, -0.05) is 0 Å². The molecule has 0 saturated carbocycles. The summed E-state index contributed by atoms with van der Waals surface area (Å²) in [5, 5.41) is 49.2. The maximum absolute atomic E-state index is 11.8. The van der Waals surface area contributed by atoms with Gasteiger partial charge in [-0.15, -0.1) is 22.1 Å². The van der Waals surface area contributed by atoms with Crippen LogP contribution in [0.25, 0.3) is 88.6 Å². The second-order valence-electron chi connectivity index (χ2n) is 12.1. The summed E-state index contributed by atoms with van der Waals surface area (Å²) in [4.78, 5) is 64.5. The molecule has 0 saturated heterocycles. The summed E-state index contributed by atoms with van der Waals surface area (Å²) in [7, 11) is 0. The molecule has 0 N–H and O–H groups in total. The van der Waals surface area contributed by atoms with E-state index < -0.39 is 19.7 Å². The molecule has 4 aromatic carbocycles. The first-order valence-electron chi connectivity index (χ1n) is 15.4. The minimum absolute atomic E-state index is 0. The summed E-state index contributed by atoms with van der Waals surface area (Å²) in [6.07, 6.45) is 0. The molecule has 3 aromatic heterocycles. The molecule has 0 atom stereocenters. The maximum atomic E-state index is 11.8. The van der Waals surface area contributed by atoms with Crippen LogP contribution in [0.2, 0.25) is 0 Å². The molecule has 0 aliphatic carbocycles. The minimum Gasteiger partial charge on any atom is -0.657 e. The Morgan fingerprint density at radius 3 is 1.04 bits per heavy atom. The van der Waals surface area contributed by atoms with Crippen molar-refractivity contribution in [3.63, 3.8) is 0 Å². The number of hydrogen-bond donors (Lipinski definition) is 0. The first-order chi connectivity index (χ1) is 25.0. The molecule has 5 heterocycles. The quantitative estimate of drug-likeness (QED) is 0.0941. The molecule has 0 unspecified atom stereocenters. The first kappa shape index (κ1) is 32.9. The Morgan fingerprint density at radius 2 is 0.679 bits per heavy atom. The Bertz CT molecular complexity index is 2810. The van der Waals surface area contributed by atoms with E-state index in [-0.39, 0.29) is 42.2 Å². The summed E-state index contributed by atoms with van der Waals surface area (Å²) < 4.78 is 0. The molecule has 0 fully saturated rings. The van der Waals surface area contributed by atoms with Crippen LogP contribution in [0, 0.1) is 40.5 Å². The average Bonchev–Trinajstić information content (AvgIpc) is 3.85. The van der Waals surface area contributed by atoms with E-state index in [9.17, 15) is 40.5 Å². The van der Waals surface area contributed by atoms with Crippen LogP contribution < -0.4 is 9.97 Å². The number of nitrogens with zero attached hydrogens (tertiary/aromatic N) is 8. The van der Waals surface area contributed by atoms with Crippen molar-refractivity contribution in [3.05, 3.63) is 138 Å². The van der Waals surface area contributed by atoms with Crippen molar-refractivity contribution in [2.75, 3.05) is 0 Å². The Hall–Kier alpha value is -7.26. The van der Waals surface area contributed by atoms with Gasteiger partial charge in [0.05, 0.1) is 42.5 Å². The molecule has 2 aliphatic rings. The monoisotopic (exact) mass is 752 g/mol. The minimum atomic E-state index is -0.523. The fourth-order valence-electron chi connectivity index (χ4n) is 6.72. The van der Waals surface area contributed by atoms with E-state index in [1.54, 1.807) is 48.5 Å². The Balaban J connectivity index is 0.00000400. The Morgan fingerprint density at radius 1 is 0.377 bits per heavy atom. The fourth-order valence-corrected chi connectivity index (χ4v) is 6.72. The van der Waals surface area contributed by atoms with Gasteiger partial charge in [0.25, 0.3) is 22.7 Å². The zero-order chi connectivity index (χ0) is 36.0. The predicted octanol–water partition coefficient (Wildman–Crippen LogP) is 8.18. The molecule has 0 amide bonds. The van der Waals surface area contributed by atoms with Gasteiger partial charge < -0.3 is 9.97 Å². The molecular weight excluding hydrogens is 738 g/mol. The van der Waals surface area contributed by atoms with Gasteiger partial charge in [-0.2, -0.15) is 0 Å². The molecule has 17 heteroatoms. The molecule has 0 radical (unpaired) electrons. The Labute approximate surface area is 307 Å². The maximum Gasteiger partial charge on any atom is 2.00 e. The van der Waals surface area contributed by atoms with E-state index in [1.165, 1.54) is 48.5 Å². The molecule has 53 heavy (non-hydrogen) atoms. The number of benzene rings is 4. The van der Waals surface area contributed by atoms with Gasteiger partial charge in [-0.25, -0.2) is 9.97 Å². The van der Waals surface area contributed by atoms with Crippen LogP contribution in [-0.2, 0) is 19.5 Å². The van der Waals surface area contributed by atoms with E-state index >= 15 is 0 Å². The number of nitro benzene ring substituents is 4. The zero-order valence-corrected chi connectivity index (χ0v) is 29.8. The third kappa shape index (κ3) is 5.25. The van der Waals surface area contributed by atoms with Gasteiger partial charge in [0.2, 0.25) is 0 Å². The van der Waals surface area contributed by atoms with Crippen molar-refractivity contribution in [3.8, 4) is 45.0 Å². The third-order valence-corrected chi connectivity index (χ3v) is 9.12. The van der Waals surface area contributed by atoms with E-state index in [4.69, 9.17) is 19.9 Å². The molecule has 9 rings (SSSR count). The molecule has 16 nitrogen and oxygen atoms in total. The smallest absolute Gasteiger partial charge is 0.657 e. The van der Waals surface area contributed by atoms with Crippen LogP contribution >= 0.6 is 0 Å². The number of hydrogen-bond acceptors (Lipinski definition) is 10. The standard InChI is InChI=1S/C36H16N8O8.Zn/c45-41(46)17-1-5-21-25(9-17)33-14-30-23-7-3-19(43(49)50)11-27(23)35(39-30)16-32-24-8-4-20(44(51)52)12-28(24)36(40-32)15-31-22-6-2-18(42(47)48)10-26(22)34(38-31)13-29(21)37-33;/h1-16H;/q-2;+2. The van der Waals surface area contributed by atoms with Crippen molar-refractivity contribution >= 4 is 66.4 Å². The molecule has 250 valence electrons. The molecule has 0 spiro atoms. The van der Waals surface area contributed by atoms with Crippen molar-refractivity contribution in [2.24, 2.45) is 0 Å². The number of rotatable bonds is 4. The number of nitro groups is 4. The third-order valence-electron chi connectivity index (χ3n) is 9.12. The number of non-ortho nitro benzene ring substituents is 4. The van der Waals surface area contributed by atoms with Crippen LogP contribution in [0.5, 0.6) is 0 Å². The van der Waals surface area contributed by atoms with Gasteiger partial charge in [0, 0.05) is 70.8 Å². The van der Waals surface area contributed by atoms with Crippen molar-refractivity contribution < 1.29 is 39.2 Å². The topological polar surface area (TPSA) is 227 Å². The van der Waals surface area contributed by atoms with E-state index in [1.807, 2.05) is 0 Å². The molecule has 7 aromatic rings. The second-order valence-corrected chi connectivity index (χ2v) is 12.1. The summed E-state index contributed by atoms with van der Waals surface area (Å²) >= 11 is 0. The first-order valence-corrected chi connectivity index (χ1v) is 15.4. The number of aromatic nitrogens is 4. The van der Waals surface area contributed by atoms with Gasteiger partial charge in [-0.05, 0) is 70.1 Å². The van der Waals surface area contributed by atoms with E-state index in [0.717, 1.165) is 0 Å². The second kappa shape index (κ2) is 11.9. The number of fused-ring (bicyclic) bond motifs is 20. The summed E-state index contributed by atoms with van der Waals surface area (Å²) in [6.45, 7) is 0. The SMILES string of the molecule is O=[N+]([O-])c1ccc2c(c1)-c1cc3[n-]c(cc4nc(cc5[n-]c(cc-2n1)c1cc([N+](=O)[O-])ccc51)-c1cc([N+](=O)[O-])ccc1-4)c1cc([N+](=O)[O-])ccc31.[Zn+2]. The molecule has 8 bridgehead atoms. The van der Waals surface area contributed by atoms with Gasteiger partial charge >= 0.3 is 19.5 Å². The van der Waals surface area contributed by atoms with Gasteiger partial charge in [0.15, 0.2) is 0 Å². The Kier molecular flexibility index (Phi) is 7.40. The van der Waals surface area contributed by atoms with Crippen LogP contribution in [0.1, 0.15) is 0 Å². The van der Waals surface area contributed by atoms with Crippen molar-refractivity contribution in [1.82, 2.24) is 19.9 Å². The summed E-state index contributed by atoms with van der Waals surface area (Å²) in [5.41, 5.74) is 3.98. The molecule has 2 aliphatic heterocycles. The van der Waals surface area contributed by atoms with E-state index in [0.29, 0.717) is 88.6 Å². The summed E-state index contributed by atoms with van der Waals surface area (Å²) in [5.74, 6) is 0. The van der Waals surface area contributed by atoms with Gasteiger partial charge in [-0.3, -0.25) is 40.5 Å². The normalized spacial score (nSPS) is 11.5. The predicted molar refractivity (Wildman–Crippen MR) is 189 cm³/mol. The largest absolute Gasteiger partial charge is 2.00 e. The zero-order valence-electron chi connectivity index (χ0n) is 26.8. The van der Waals surface area contributed by atoms with Crippen molar-refractivity contribution in [2.45, 2.75) is 0 Å². The fraction of sp³-hybridized carbons (Fsp3) is 0. The molecular formula is C36H16N8O8Zn. The average molecular weight is 754 g/mol. The van der Waals surface area contributed by atoms with Crippen molar-refractivity contribution in [1.29, 1.82) is 0 Å². The van der Waals surface area contributed by atoms with Crippen LogP contribution in [-0.4, -0.2) is 29.7 Å². The van der Waals surface area contributed by atoms with Crippen LogP contribution in [0.4, 0.5) is 22.7 Å².